The zero-order valence-corrected chi connectivity index (χ0v) is 20.0. The quantitative estimate of drug-likeness (QED) is 0.208. The number of benzene rings is 3. The van der Waals surface area contributed by atoms with Crippen molar-refractivity contribution >= 4 is 34.4 Å². The first-order valence-corrected chi connectivity index (χ1v) is 11.5. The maximum atomic E-state index is 13.4. The first kappa shape index (κ1) is 23.2. The van der Waals surface area contributed by atoms with E-state index in [0.29, 0.717) is 27.9 Å². The Bertz CT molecular complexity index is 1480. The van der Waals surface area contributed by atoms with Gasteiger partial charge in [0.15, 0.2) is 0 Å². The first-order valence-electron chi connectivity index (χ1n) is 11.5. The van der Waals surface area contributed by atoms with Gasteiger partial charge < -0.3 is 19.9 Å². The number of methoxy groups -OCH3 is 1. The van der Waals surface area contributed by atoms with Gasteiger partial charge in [-0.2, -0.15) is 0 Å². The normalized spacial score (nSPS) is 17.3. The van der Waals surface area contributed by atoms with E-state index in [-0.39, 0.29) is 28.9 Å². The summed E-state index contributed by atoms with van der Waals surface area (Å²) in [4.78, 5) is 35.6. The fourth-order valence-electron chi connectivity index (χ4n) is 4.56. The van der Waals surface area contributed by atoms with Crippen LogP contribution >= 0.6 is 0 Å². The molecule has 1 aliphatic heterocycles. The lowest BCUT2D eigenvalue weighted by atomic mass is 9.93. The van der Waals surface area contributed by atoms with Crippen molar-refractivity contribution in [3.8, 4) is 11.5 Å². The van der Waals surface area contributed by atoms with Gasteiger partial charge in [-0.25, -0.2) is 4.98 Å². The van der Waals surface area contributed by atoms with E-state index in [1.807, 2.05) is 32.0 Å². The number of para-hydroxylation sites is 2. The van der Waals surface area contributed by atoms with E-state index in [0.717, 1.165) is 5.56 Å². The van der Waals surface area contributed by atoms with E-state index in [1.165, 1.54) is 17.0 Å². The van der Waals surface area contributed by atoms with Crippen molar-refractivity contribution in [2.24, 2.45) is 0 Å². The summed E-state index contributed by atoms with van der Waals surface area (Å²) >= 11 is 0. The Morgan fingerprint density at radius 1 is 1.06 bits per heavy atom. The number of nitrogens with one attached hydrogen (secondary N) is 1. The summed E-state index contributed by atoms with van der Waals surface area (Å²) in [5.41, 5.74) is 3.06. The Hall–Kier alpha value is -4.59. The van der Waals surface area contributed by atoms with Crippen LogP contribution in [0, 0.1) is 0 Å². The number of aromatic hydroxyl groups is 1. The van der Waals surface area contributed by atoms with Gasteiger partial charge >= 0.3 is 5.91 Å². The second-order valence-corrected chi connectivity index (χ2v) is 8.95. The predicted molar refractivity (Wildman–Crippen MR) is 136 cm³/mol. The molecule has 1 amide bonds. The molecule has 2 heterocycles. The van der Waals surface area contributed by atoms with Gasteiger partial charge in [-0.3, -0.25) is 14.5 Å². The zero-order valence-electron chi connectivity index (χ0n) is 20.0. The number of rotatable bonds is 5. The Labute approximate surface area is 207 Å². The lowest BCUT2D eigenvalue weighted by Crippen LogP contribution is -2.30. The van der Waals surface area contributed by atoms with E-state index in [1.54, 1.807) is 43.5 Å². The van der Waals surface area contributed by atoms with Gasteiger partial charge in [0.25, 0.3) is 5.78 Å². The zero-order chi connectivity index (χ0) is 25.6. The van der Waals surface area contributed by atoms with Gasteiger partial charge in [0.1, 0.15) is 17.3 Å². The number of hydrogen-bond donors (Lipinski definition) is 3. The van der Waals surface area contributed by atoms with Crippen molar-refractivity contribution < 1.29 is 24.5 Å². The number of imidazole rings is 1. The van der Waals surface area contributed by atoms with Crippen molar-refractivity contribution in [2.45, 2.75) is 25.8 Å². The smallest absolute Gasteiger partial charge is 0.302 e. The minimum absolute atomic E-state index is 0.0381. The molecule has 1 atom stereocenters. The van der Waals surface area contributed by atoms with Gasteiger partial charge in [-0.15, -0.1) is 0 Å². The molecule has 5 rings (SSSR count). The number of Topliss-reactive ketones (excluding diaryl/α,β-unsaturated/α-hetero) is 1. The van der Waals surface area contributed by atoms with Crippen LogP contribution in [0.2, 0.25) is 0 Å². The highest BCUT2D eigenvalue weighted by molar-refractivity contribution is 6.51. The molecule has 4 aromatic rings. The molecule has 0 saturated carbocycles. The van der Waals surface area contributed by atoms with Crippen LogP contribution in [-0.4, -0.2) is 39.0 Å². The molecular weight excluding hydrogens is 458 g/mol. The number of phenols is 1. The molecule has 1 fully saturated rings. The third kappa shape index (κ3) is 3.76. The number of aromatic nitrogens is 2. The van der Waals surface area contributed by atoms with Crippen LogP contribution in [0.15, 0.2) is 72.3 Å². The second-order valence-electron chi connectivity index (χ2n) is 8.95. The molecule has 0 spiro atoms. The van der Waals surface area contributed by atoms with E-state index >= 15 is 0 Å². The molecule has 1 saturated heterocycles. The molecule has 1 unspecified atom stereocenters. The second kappa shape index (κ2) is 8.88. The average Bonchev–Trinajstić information content (AvgIpc) is 3.42. The fourth-order valence-corrected chi connectivity index (χ4v) is 4.56. The number of nitrogens with zero attached hydrogens (tertiary/aromatic N) is 2. The number of hydrogen-bond acceptors (Lipinski definition) is 6. The van der Waals surface area contributed by atoms with Crippen molar-refractivity contribution in [3.63, 3.8) is 0 Å². The number of amides is 1. The van der Waals surface area contributed by atoms with Gasteiger partial charge in [-0.05, 0) is 59.5 Å². The summed E-state index contributed by atoms with van der Waals surface area (Å²) < 4.78 is 5.45. The Morgan fingerprint density at radius 2 is 1.78 bits per heavy atom. The molecule has 3 N–H and O–H groups in total. The summed E-state index contributed by atoms with van der Waals surface area (Å²) in [6.45, 7) is 4.00. The molecule has 1 aromatic heterocycles. The monoisotopic (exact) mass is 483 g/mol. The minimum atomic E-state index is -0.962. The number of carbonyl (C=O) groups excluding carboxylic acids is 2. The average molecular weight is 484 g/mol. The summed E-state index contributed by atoms with van der Waals surface area (Å²) in [5, 5.41) is 21.3. The molecule has 8 heteroatoms. The molecule has 1 aliphatic rings. The third-order valence-electron chi connectivity index (χ3n) is 6.38. The largest absolute Gasteiger partial charge is 0.508 e. The lowest BCUT2D eigenvalue weighted by molar-refractivity contribution is -0.132. The highest BCUT2D eigenvalue weighted by Gasteiger charge is 2.48. The van der Waals surface area contributed by atoms with Gasteiger partial charge in [0.2, 0.25) is 5.95 Å². The SMILES string of the molecule is COc1ccc(/C(O)=C2\C(=O)C(=O)N(c3nc4ccccc4[nH]3)C2c2ccc(O)cc2)cc1C(C)C. The van der Waals surface area contributed by atoms with Crippen LogP contribution in [-0.2, 0) is 9.59 Å². The van der Waals surface area contributed by atoms with E-state index in [2.05, 4.69) is 9.97 Å². The number of aliphatic hydroxyl groups is 1. The molecule has 0 aliphatic carbocycles. The van der Waals surface area contributed by atoms with Crippen LogP contribution in [0.5, 0.6) is 11.5 Å². The molecule has 182 valence electrons. The fraction of sp³-hybridized carbons (Fsp3) is 0.179. The number of H-pyrrole nitrogens is 1. The number of anilines is 1. The summed E-state index contributed by atoms with van der Waals surface area (Å²) in [5.74, 6) is -0.948. The van der Waals surface area contributed by atoms with Crippen LogP contribution < -0.4 is 9.64 Å². The Balaban J connectivity index is 1.72. The van der Waals surface area contributed by atoms with E-state index in [9.17, 15) is 19.8 Å². The molecule has 36 heavy (non-hydrogen) atoms. The Kier molecular flexibility index (Phi) is 5.72. The van der Waals surface area contributed by atoms with Crippen molar-refractivity contribution in [1.29, 1.82) is 0 Å². The summed E-state index contributed by atoms with van der Waals surface area (Å²) in [7, 11) is 1.57. The van der Waals surface area contributed by atoms with Crippen LogP contribution in [0.25, 0.3) is 16.8 Å². The van der Waals surface area contributed by atoms with Crippen molar-refractivity contribution in [1.82, 2.24) is 9.97 Å². The standard InChI is InChI=1S/C28H25N3O5/c1-15(2)19-14-17(10-13-22(19)36-3)25(33)23-24(16-8-11-18(32)12-9-16)31(27(35)26(23)34)28-29-20-6-4-5-7-21(20)30-28/h4-15,24,32-33H,1-3H3,(H,29,30)/b25-23+. The summed E-state index contributed by atoms with van der Waals surface area (Å²) in [6, 6.07) is 17.6. The molecule has 0 bridgehead atoms. The first-order chi connectivity index (χ1) is 17.3. The van der Waals surface area contributed by atoms with Crippen molar-refractivity contribution in [3.05, 3.63) is 89.0 Å². The summed E-state index contributed by atoms with van der Waals surface area (Å²) in [6.07, 6.45) is 0. The van der Waals surface area contributed by atoms with Crippen LogP contribution in [0.1, 0.15) is 42.5 Å². The van der Waals surface area contributed by atoms with Gasteiger partial charge in [0.05, 0.1) is 29.8 Å². The Morgan fingerprint density at radius 3 is 2.44 bits per heavy atom. The highest BCUT2D eigenvalue weighted by atomic mass is 16.5. The number of phenolic OH excluding ortho intramolecular Hbond substituents is 1. The maximum absolute atomic E-state index is 13.4. The minimum Gasteiger partial charge on any atom is -0.508 e. The van der Waals surface area contributed by atoms with E-state index in [4.69, 9.17) is 4.74 Å². The molecular formula is C28H25N3O5. The number of fused-ring (bicyclic) bond motifs is 1. The highest BCUT2D eigenvalue weighted by Crippen LogP contribution is 2.42. The van der Waals surface area contributed by atoms with Crippen LogP contribution in [0.3, 0.4) is 0 Å². The third-order valence-corrected chi connectivity index (χ3v) is 6.38. The number of aliphatic hydroxyl groups excluding tert-OH is 1. The van der Waals surface area contributed by atoms with E-state index < -0.39 is 17.7 Å². The lowest BCUT2D eigenvalue weighted by Gasteiger charge is -2.23. The van der Waals surface area contributed by atoms with Gasteiger partial charge in [0, 0.05) is 5.56 Å². The van der Waals surface area contributed by atoms with Crippen molar-refractivity contribution in [2.75, 3.05) is 12.0 Å². The molecule has 8 nitrogen and oxygen atoms in total. The topological polar surface area (TPSA) is 116 Å². The van der Waals surface area contributed by atoms with Gasteiger partial charge in [-0.1, -0.05) is 38.1 Å². The maximum Gasteiger partial charge on any atom is 0.302 e. The predicted octanol–water partition coefficient (Wildman–Crippen LogP) is 5.03. The number of ether oxygens (including phenoxy) is 1. The molecule has 0 radical (unpaired) electrons. The van der Waals surface area contributed by atoms with Crippen LogP contribution in [0.4, 0.5) is 5.95 Å². The number of carbonyl (C=O) groups is 2. The number of ketones is 1. The molecule has 3 aromatic carbocycles. The number of aromatic amines is 1.